The van der Waals surface area contributed by atoms with Crippen molar-refractivity contribution in [3.05, 3.63) is 42.0 Å². The molecule has 2 fully saturated rings. The highest BCUT2D eigenvalue weighted by Crippen LogP contribution is 2.41. The second-order valence-electron chi connectivity index (χ2n) is 9.25. The number of hydrogen-bond acceptors (Lipinski definition) is 4. The summed E-state index contributed by atoms with van der Waals surface area (Å²) in [4.78, 5) is 24.3. The van der Waals surface area contributed by atoms with Crippen LogP contribution in [0.25, 0.3) is 0 Å². The van der Waals surface area contributed by atoms with Gasteiger partial charge in [0.15, 0.2) is 0 Å². The molecule has 0 aromatic heterocycles. The molecule has 0 spiro atoms. The topological polar surface area (TPSA) is 52.6 Å². The molecule has 0 saturated heterocycles. The van der Waals surface area contributed by atoms with Crippen LogP contribution in [0.5, 0.6) is 5.75 Å². The van der Waals surface area contributed by atoms with Gasteiger partial charge in [-0.3, -0.25) is 4.79 Å². The molecule has 2 aliphatic rings. The second kappa shape index (κ2) is 12.1. The second-order valence-corrected chi connectivity index (χ2v) is 9.25. The van der Waals surface area contributed by atoms with Crippen molar-refractivity contribution < 1.29 is 19.1 Å². The zero-order valence-corrected chi connectivity index (χ0v) is 19.2. The fraction of sp³-hybridized carbons (Fsp3) is 0.630. The number of benzene rings is 1. The predicted molar refractivity (Wildman–Crippen MR) is 123 cm³/mol. The number of allylic oxidation sites excluding steroid dienone is 1. The van der Waals surface area contributed by atoms with Gasteiger partial charge < -0.3 is 9.47 Å². The first kappa shape index (κ1) is 23.6. The predicted octanol–water partition coefficient (Wildman–Crippen LogP) is 6.42. The van der Waals surface area contributed by atoms with Crippen LogP contribution in [-0.4, -0.2) is 18.0 Å². The van der Waals surface area contributed by atoms with Crippen LogP contribution in [0, 0.1) is 17.8 Å². The van der Waals surface area contributed by atoms with Crippen LogP contribution < -0.4 is 4.74 Å². The number of unbranched alkanes of at least 4 members (excludes halogenated alkanes) is 1. The van der Waals surface area contributed by atoms with Gasteiger partial charge in [0, 0.05) is 6.08 Å². The van der Waals surface area contributed by atoms with Crippen molar-refractivity contribution in [3.63, 3.8) is 0 Å². The largest absolute Gasteiger partial charge is 0.459 e. The van der Waals surface area contributed by atoms with Crippen molar-refractivity contribution >= 4 is 11.9 Å². The van der Waals surface area contributed by atoms with E-state index in [0.717, 1.165) is 57.8 Å². The van der Waals surface area contributed by atoms with Gasteiger partial charge in [-0.1, -0.05) is 31.6 Å². The monoisotopic (exact) mass is 426 g/mol. The molecule has 0 N–H and O–H groups in total. The number of esters is 2. The maximum atomic E-state index is 12.6. The van der Waals surface area contributed by atoms with Crippen LogP contribution in [0.4, 0.5) is 0 Å². The van der Waals surface area contributed by atoms with Crippen molar-refractivity contribution in [1.82, 2.24) is 0 Å². The summed E-state index contributed by atoms with van der Waals surface area (Å²) in [6.07, 6.45) is 15.0. The van der Waals surface area contributed by atoms with Gasteiger partial charge in [-0.05, 0) is 101 Å². The summed E-state index contributed by atoms with van der Waals surface area (Å²) < 4.78 is 11.2. The third-order valence-corrected chi connectivity index (χ3v) is 7.04. The molecule has 0 amide bonds. The standard InChI is InChI=1S/C27H38O4/c1-3-5-7-20-8-16-25(17-9-20)31-27(29)23-12-10-21(11-13-23)22-14-18-24(19-15-22)30-26(28)6-4-2/h4,6,8-9,16-17,21-24H,3,5,7,10-15,18-19H2,1-2H3/t21-,22-,23-,24-. The van der Waals surface area contributed by atoms with Gasteiger partial charge >= 0.3 is 11.9 Å². The lowest BCUT2D eigenvalue weighted by Gasteiger charge is -2.37. The first-order valence-electron chi connectivity index (χ1n) is 12.2. The van der Waals surface area contributed by atoms with Gasteiger partial charge in [-0.2, -0.15) is 0 Å². The average Bonchev–Trinajstić information content (AvgIpc) is 2.79. The Morgan fingerprint density at radius 2 is 1.55 bits per heavy atom. The van der Waals surface area contributed by atoms with E-state index in [0.29, 0.717) is 17.6 Å². The molecule has 0 atom stereocenters. The quantitative estimate of drug-likeness (QED) is 0.273. The first-order chi connectivity index (χ1) is 15.1. The molecule has 0 bridgehead atoms. The Labute approximate surface area is 187 Å². The third kappa shape index (κ3) is 7.22. The van der Waals surface area contributed by atoms with Gasteiger partial charge in [-0.25, -0.2) is 4.79 Å². The molecule has 4 heteroatoms. The lowest BCUT2D eigenvalue weighted by Crippen LogP contribution is -2.31. The minimum atomic E-state index is -0.222. The Kier molecular flexibility index (Phi) is 9.17. The third-order valence-electron chi connectivity index (χ3n) is 7.04. The Morgan fingerprint density at radius 3 is 2.13 bits per heavy atom. The van der Waals surface area contributed by atoms with Crippen molar-refractivity contribution in [1.29, 1.82) is 0 Å². The summed E-state index contributed by atoms with van der Waals surface area (Å²) in [5, 5.41) is 0. The molecule has 1 aromatic carbocycles. The lowest BCUT2D eigenvalue weighted by atomic mass is 9.70. The van der Waals surface area contributed by atoms with Crippen molar-refractivity contribution in [3.8, 4) is 5.75 Å². The van der Waals surface area contributed by atoms with Crippen molar-refractivity contribution in [2.24, 2.45) is 17.8 Å². The lowest BCUT2D eigenvalue weighted by molar-refractivity contribution is -0.145. The first-order valence-corrected chi connectivity index (χ1v) is 12.2. The zero-order valence-electron chi connectivity index (χ0n) is 19.2. The highest BCUT2D eigenvalue weighted by molar-refractivity contribution is 5.81. The number of rotatable bonds is 8. The smallest absolute Gasteiger partial charge is 0.330 e. The van der Waals surface area contributed by atoms with Gasteiger partial charge in [0.1, 0.15) is 11.9 Å². The summed E-state index contributed by atoms with van der Waals surface area (Å²) in [7, 11) is 0. The highest BCUT2D eigenvalue weighted by Gasteiger charge is 2.34. The highest BCUT2D eigenvalue weighted by atomic mass is 16.5. The fourth-order valence-corrected chi connectivity index (χ4v) is 5.15. The molecule has 170 valence electrons. The van der Waals surface area contributed by atoms with E-state index < -0.39 is 0 Å². The minimum Gasteiger partial charge on any atom is -0.459 e. The molecule has 2 saturated carbocycles. The normalized spacial score (nSPS) is 26.5. The van der Waals surface area contributed by atoms with Crippen LogP contribution in [0.3, 0.4) is 0 Å². The van der Waals surface area contributed by atoms with E-state index in [1.54, 1.807) is 6.08 Å². The summed E-state index contributed by atoms with van der Waals surface area (Å²) >= 11 is 0. The number of ether oxygens (including phenoxy) is 2. The zero-order chi connectivity index (χ0) is 22.1. The molecule has 2 aliphatic carbocycles. The summed E-state index contributed by atoms with van der Waals surface area (Å²) in [6.45, 7) is 4.02. The van der Waals surface area contributed by atoms with Crippen LogP contribution in [0.2, 0.25) is 0 Å². The van der Waals surface area contributed by atoms with E-state index in [2.05, 4.69) is 19.1 Å². The maximum Gasteiger partial charge on any atom is 0.330 e. The van der Waals surface area contributed by atoms with E-state index in [4.69, 9.17) is 9.47 Å². The van der Waals surface area contributed by atoms with E-state index >= 15 is 0 Å². The number of aryl methyl sites for hydroxylation is 1. The Morgan fingerprint density at radius 1 is 0.935 bits per heavy atom. The van der Waals surface area contributed by atoms with Gasteiger partial charge in [0.05, 0.1) is 5.92 Å². The molecule has 31 heavy (non-hydrogen) atoms. The summed E-state index contributed by atoms with van der Waals surface area (Å²) in [5.74, 6) is 1.78. The Bertz CT molecular complexity index is 720. The molecular formula is C27H38O4. The molecular weight excluding hydrogens is 388 g/mol. The molecule has 0 aliphatic heterocycles. The van der Waals surface area contributed by atoms with E-state index in [-0.39, 0.29) is 24.0 Å². The molecule has 4 nitrogen and oxygen atoms in total. The molecule has 3 rings (SSSR count). The van der Waals surface area contributed by atoms with E-state index in [1.165, 1.54) is 24.5 Å². The summed E-state index contributed by atoms with van der Waals surface area (Å²) in [5.41, 5.74) is 1.30. The Hall–Kier alpha value is -2.10. The minimum absolute atomic E-state index is 0.0224. The van der Waals surface area contributed by atoms with E-state index in [9.17, 15) is 9.59 Å². The molecule has 1 aromatic rings. The molecule has 0 radical (unpaired) electrons. The SMILES string of the molecule is CC=CC(=O)O[C@H]1CC[C@H]([C@H]2CC[C@H](C(=O)Oc3ccc(CCCC)cc3)CC2)CC1. The fourth-order valence-electron chi connectivity index (χ4n) is 5.15. The molecule has 0 heterocycles. The number of carbonyl (C=O) groups is 2. The number of hydrogen-bond donors (Lipinski definition) is 0. The van der Waals surface area contributed by atoms with Gasteiger partial charge in [0.25, 0.3) is 0 Å². The van der Waals surface area contributed by atoms with E-state index in [1.807, 2.05) is 19.1 Å². The van der Waals surface area contributed by atoms with Crippen LogP contribution >= 0.6 is 0 Å². The average molecular weight is 427 g/mol. The van der Waals surface area contributed by atoms with Crippen molar-refractivity contribution in [2.45, 2.75) is 90.6 Å². The summed E-state index contributed by atoms with van der Waals surface area (Å²) in [6, 6.07) is 7.99. The van der Waals surface area contributed by atoms with Gasteiger partial charge in [0.2, 0.25) is 0 Å². The number of carbonyl (C=O) groups excluding carboxylic acids is 2. The van der Waals surface area contributed by atoms with Crippen LogP contribution in [0.1, 0.15) is 83.6 Å². The van der Waals surface area contributed by atoms with Crippen molar-refractivity contribution in [2.75, 3.05) is 0 Å². The van der Waals surface area contributed by atoms with Crippen LogP contribution in [-0.2, 0) is 20.7 Å². The molecule has 0 unspecified atom stereocenters. The van der Waals surface area contributed by atoms with Crippen LogP contribution in [0.15, 0.2) is 36.4 Å². The Balaban J connectivity index is 1.38. The van der Waals surface area contributed by atoms with Gasteiger partial charge in [-0.15, -0.1) is 0 Å². The maximum absolute atomic E-state index is 12.6.